The van der Waals surface area contributed by atoms with Crippen molar-refractivity contribution in [3.8, 4) is 0 Å². The van der Waals surface area contributed by atoms with Gasteiger partial charge in [0.25, 0.3) is 0 Å². The van der Waals surface area contributed by atoms with E-state index in [1.807, 2.05) is 6.07 Å². The van der Waals surface area contributed by atoms with E-state index < -0.39 is 6.09 Å². The number of nitrogens with zero attached hydrogens (tertiary/aromatic N) is 3. The minimum atomic E-state index is -0.782. The van der Waals surface area contributed by atoms with Crippen molar-refractivity contribution in [1.82, 2.24) is 9.66 Å². The highest BCUT2D eigenvalue weighted by Gasteiger charge is 2.16. The van der Waals surface area contributed by atoms with Crippen molar-refractivity contribution in [2.24, 2.45) is 5.29 Å². The Morgan fingerprint density at radius 1 is 1.12 bits per heavy atom. The minimum Gasteiger partial charge on any atom is -0.453 e. The second kappa shape index (κ2) is 6.29. The van der Waals surface area contributed by atoms with Gasteiger partial charge in [-0.3, -0.25) is 10.1 Å². The van der Waals surface area contributed by atoms with Crippen LogP contribution in [0.25, 0.3) is 11.0 Å². The standard InChI is InChI=1S/C16H12N4O4/c1-24-16(22)18-15-17-12-9-11(7-8-13(12)20(15)19-23)14(21)10-5-3-2-4-6-10/h2-9H,1H3,(H,17,18,22). The van der Waals surface area contributed by atoms with Crippen molar-refractivity contribution < 1.29 is 14.3 Å². The summed E-state index contributed by atoms with van der Waals surface area (Å²) in [6, 6.07) is 13.4. The van der Waals surface area contributed by atoms with Crippen LogP contribution >= 0.6 is 0 Å². The maximum atomic E-state index is 12.5. The Balaban J connectivity index is 2.04. The van der Waals surface area contributed by atoms with Crippen molar-refractivity contribution in [2.45, 2.75) is 0 Å². The highest BCUT2D eigenvalue weighted by Crippen LogP contribution is 2.22. The van der Waals surface area contributed by atoms with Crippen molar-refractivity contribution >= 4 is 28.9 Å². The molecule has 0 fully saturated rings. The third-order valence-corrected chi connectivity index (χ3v) is 3.41. The number of carbonyl (C=O) groups excluding carboxylic acids is 2. The van der Waals surface area contributed by atoms with E-state index in [9.17, 15) is 14.5 Å². The molecule has 0 saturated heterocycles. The lowest BCUT2D eigenvalue weighted by atomic mass is 10.0. The monoisotopic (exact) mass is 324 g/mol. The van der Waals surface area contributed by atoms with Crippen LogP contribution in [0.2, 0.25) is 0 Å². The van der Waals surface area contributed by atoms with Crippen molar-refractivity contribution in [3.63, 3.8) is 0 Å². The molecule has 8 heteroatoms. The Bertz CT molecular complexity index is 934. The molecule has 0 aliphatic rings. The maximum Gasteiger partial charge on any atom is 0.413 e. The Labute approximate surface area is 136 Å². The van der Waals surface area contributed by atoms with Gasteiger partial charge in [0.2, 0.25) is 5.95 Å². The molecule has 3 rings (SSSR count). The quantitative estimate of drug-likeness (QED) is 0.587. The number of fused-ring (bicyclic) bond motifs is 1. The molecule has 24 heavy (non-hydrogen) atoms. The number of rotatable bonds is 4. The summed E-state index contributed by atoms with van der Waals surface area (Å²) in [5.74, 6) is -0.259. The second-order valence-electron chi connectivity index (χ2n) is 4.84. The first-order valence-electron chi connectivity index (χ1n) is 6.95. The maximum absolute atomic E-state index is 12.5. The van der Waals surface area contributed by atoms with Crippen molar-refractivity contribution in [3.05, 3.63) is 64.6 Å². The number of hydrogen-bond acceptors (Lipinski definition) is 6. The number of ketones is 1. The first-order chi connectivity index (χ1) is 11.6. The fourth-order valence-corrected chi connectivity index (χ4v) is 2.27. The van der Waals surface area contributed by atoms with E-state index in [1.165, 1.54) is 13.2 Å². The summed E-state index contributed by atoms with van der Waals surface area (Å²) in [5, 5.41) is 5.12. The Kier molecular flexibility index (Phi) is 4.02. The van der Waals surface area contributed by atoms with Gasteiger partial charge in [0.15, 0.2) is 5.78 Å². The van der Waals surface area contributed by atoms with Gasteiger partial charge in [0, 0.05) is 11.1 Å². The van der Waals surface area contributed by atoms with Gasteiger partial charge in [-0.2, -0.15) is 4.68 Å². The Morgan fingerprint density at radius 2 is 1.88 bits per heavy atom. The third kappa shape index (κ3) is 2.72. The Hall–Kier alpha value is -3.55. The third-order valence-electron chi connectivity index (χ3n) is 3.41. The molecule has 1 heterocycles. The van der Waals surface area contributed by atoms with Crippen LogP contribution < -0.4 is 5.32 Å². The number of ether oxygens (including phenoxy) is 1. The van der Waals surface area contributed by atoms with Gasteiger partial charge in [-0.25, -0.2) is 9.78 Å². The average molecular weight is 324 g/mol. The number of carbonyl (C=O) groups is 2. The van der Waals surface area contributed by atoms with Gasteiger partial charge in [0.05, 0.1) is 23.4 Å². The summed E-state index contributed by atoms with van der Waals surface area (Å²) in [6.07, 6.45) is -0.782. The molecule has 0 saturated carbocycles. The summed E-state index contributed by atoms with van der Waals surface area (Å²) in [5.41, 5.74) is 1.66. The second-order valence-corrected chi connectivity index (χ2v) is 4.84. The lowest BCUT2D eigenvalue weighted by molar-refractivity contribution is 0.103. The van der Waals surface area contributed by atoms with Gasteiger partial charge < -0.3 is 4.74 Å². The zero-order valence-electron chi connectivity index (χ0n) is 12.6. The van der Waals surface area contributed by atoms with Crippen LogP contribution in [0.4, 0.5) is 10.7 Å². The molecule has 0 aliphatic carbocycles. The van der Waals surface area contributed by atoms with Crippen LogP contribution in [0.3, 0.4) is 0 Å². The molecule has 2 aromatic carbocycles. The first kappa shape index (κ1) is 15.3. The topological polar surface area (TPSA) is 103 Å². The van der Waals surface area contributed by atoms with Gasteiger partial charge >= 0.3 is 6.09 Å². The lowest BCUT2D eigenvalue weighted by Gasteiger charge is -2.01. The summed E-state index contributed by atoms with van der Waals surface area (Å²) in [6.45, 7) is 0. The molecule has 0 radical (unpaired) electrons. The number of methoxy groups -OCH3 is 1. The molecule has 8 nitrogen and oxygen atoms in total. The summed E-state index contributed by atoms with van der Waals surface area (Å²) >= 11 is 0. The van der Waals surface area contributed by atoms with Crippen molar-refractivity contribution in [1.29, 1.82) is 0 Å². The number of hydrogen-bond donors (Lipinski definition) is 1. The molecule has 0 unspecified atom stereocenters. The van der Waals surface area contributed by atoms with E-state index in [1.54, 1.807) is 36.4 Å². The molecule has 1 N–H and O–H groups in total. The van der Waals surface area contributed by atoms with Gasteiger partial charge in [-0.05, 0) is 18.2 Å². The zero-order valence-corrected chi connectivity index (χ0v) is 12.6. The van der Waals surface area contributed by atoms with Crippen LogP contribution in [-0.2, 0) is 4.74 Å². The summed E-state index contributed by atoms with van der Waals surface area (Å²) in [4.78, 5) is 38.9. The van der Waals surface area contributed by atoms with Gasteiger partial charge in [-0.15, -0.1) is 4.91 Å². The molecule has 1 amide bonds. The van der Waals surface area contributed by atoms with E-state index in [2.05, 4.69) is 20.3 Å². The number of nitroso groups, excluding NO2 is 1. The average Bonchev–Trinajstić information content (AvgIpc) is 2.97. The molecule has 0 bridgehead atoms. The molecule has 120 valence electrons. The van der Waals surface area contributed by atoms with Crippen LogP contribution in [0, 0.1) is 4.91 Å². The largest absolute Gasteiger partial charge is 0.453 e. The number of benzene rings is 2. The van der Waals surface area contributed by atoms with Crippen molar-refractivity contribution in [2.75, 3.05) is 12.4 Å². The molecule has 0 aliphatic heterocycles. The number of imidazole rings is 1. The van der Waals surface area contributed by atoms with E-state index in [4.69, 9.17) is 0 Å². The minimum absolute atomic E-state index is 0.0869. The zero-order chi connectivity index (χ0) is 17.1. The Morgan fingerprint density at radius 3 is 2.54 bits per heavy atom. The predicted molar refractivity (Wildman–Crippen MR) is 86.8 cm³/mol. The van der Waals surface area contributed by atoms with E-state index in [0.29, 0.717) is 22.2 Å². The summed E-state index contributed by atoms with van der Waals surface area (Å²) < 4.78 is 5.39. The van der Waals surface area contributed by atoms with E-state index >= 15 is 0 Å². The summed E-state index contributed by atoms with van der Waals surface area (Å²) in [7, 11) is 1.19. The fourth-order valence-electron chi connectivity index (χ4n) is 2.27. The van der Waals surface area contributed by atoms with Gasteiger partial charge in [-0.1, -0.05) is 30.3 Å². The smallest absolute Gasteiger partial charge is 0.413 e. The molecular formula is C16H12N4O4. The number of aromatic nitrogens is 2. The molecule has 1 aromatic heterocycles. The van der Waals surface area contributed by atoms with Crippen LogP contribution in [0.15, 0.2) is 53.8 Å². The number of anilines is 1. The number of amides is 1. The molecule has 0 atom stereocenters. The van der Waals surface area contributed by atoms with Crippen LogP contribution in [-0.4, -0.2) is 28.6 Å². The lowest BCUT2D eigenvalue weighted by Crippen LogP contribution is -2.14. The molecule has 3 aromatic rings. The highest BCUT2D eigenvalue weighted by atomic mass is 16.5. The fraction of sp³-hybridized carbons (Fsp3) is 0.0625. The molecular weight excluding hydrogens is 312 g/mol. The van der Waals surface area contributed by atoms with E-state index in [-0.39, 0.29) is 11.7 Å². The SMILES string of the molecule is COC(=O)Nc1nc2cc(C(=O)c3ccccc3)ccc2n1N=O. The first-order valence-corrected chi connectivity index (χ1v) is 6.95. The highest BCUT2D eigenvalue weighted by molar-refractivity contribution is 6.10. The van der Waals surface area contributed by atoms with Crippen LogP contribution in [0.5, 0.6) is 0 Å². The van der Waals surface area contributed by atoms with Crippen LogP contribution in [0.1, 0.15) is 15.9 Å². The molecule has 0 spiro atoms. The van der Waals surface area contributed by atoms with Gasteiger partial charge in [0.1, 0.15) is 0 Å². The number of nitrogens with one attached hydrogen (secondary N) is 1. The predicted octanol–water partition coefficient (Wildman–Crippen LogP) is 2.98. The van der Waals surface area contributed by atoms with E-state index in [0.717, 1.165) is 4.68 Å². The normalized spacial score (nSPS) is 10.4.